The first-order chi connectivity index (χ1) is 14.6. The highest BCUT2D eigenvalue weighted by Crippen LogP contribution is 2.38. The van der Waals surface area contributed by atoms with Crippen LogP contribution in [0.1, 0.15) is 36.1 Å². The van der Waals surface area contributed by atoms with Crippen LogP contribution in [0.3, 0.4) is 0 Å². The Morgan fingerprint density at radius 2 is 1.83 bits per heavy atom. The van der Waals surface area contributed by atoms with E-state index in [0.717, 1.165) is 35.3 Å². The van der Waals surface area contributed by atoms with Gasteiger partial charge in [-0.15, -0.1) is 11.3 Å². The maximum atomic E-state index is 9.64. The summed E-state index contributed by atoms with van der Waals surface area (Å²) in [6.07, 6.45) is 0. The molecule has 1 aromatic heterocycles. The molecule has 0 aliphatic heterocycles. The molecule has 0 atom stereocenters. The summed E-state index contributed by atoms with van der Waals surface area (Å²) in [6, 6.07) is 16.3. The van der Waals surface area contributed by atoms with Crippen molar-refractivity contribution in [1.82, 2.24) is 5.32 Å². The van der Waals surface area contributed by atoms with E-state index >= 15 is 0 Å². The van der Waals surface area contributed by atoms with Gasteiger partial charge in [0.1, 0.15) is 18.2 Å². The lowest BCUT2D eigenvalue weighted by molar-refractivity contribution is 0.315. The van der Waals surface area contributed by atoms with E-state index < -0.39 is 0 Å². The van der Waals surface area contributed by atoms with Crippen molar-refractivity contribution in [2.45, 2.75) is 33.9 Å². The maximum absolute atomic E-state index is 9.64. The minimum atomic E-state index is 0.416. The number of nitrogens with zero attached hydrogens (tertiary/aromatic N) is 1. The molecule has 4 nitrogen and oxygen atoms in total. The predicted molar refractivity (Wildman–Crippen MR) is 127 cm³/mol. The van der Waals surface area contributed by atoms with E-state index in [2.05, 4.69) is 23.5 Å². The Morgan fingerprint density at radius 3 is 2.47 bits per heavy atom. The molecule has 0 aliphatic carbocycles. The Hall–Kier alpha value is -2.36. The number of aryl methyl sites for hydroxylation is 1. The third kappa shape index (κ3) is 6.32. The summed E-state index contributed by atoms with van der Waals surface area (Å²) in [5, 5.41) is 16.2. The van der Waals surface area contributed by atoms with Gasteiger partial charge in [-0.1, -0.05) is 61.8 Å². The van der Waals surface area contributed by atoms with Crippen LogP contribution in [0.4, 0.5) is 0 Å². The average molecular weight is 442 g/mol. The number of thiophene rings is 1. The summed E-state index contributed by atoms with van der Waals surface area (Å²) in [5.74, 6) is 0. The lowest BCUT2D eigenvalue weighted by atomic mass is 10.0. The van der Waals surface area contributed by atoms with Gasteiger partial charge in [0.15, 0.2) is 5.06 Å². The van der Waals surface area contributed by atoms with Gasteiger partial charge in [-0.05, 0) is 35.2 Å². The van der Waals surface area contributed by atoms with Gasteiger partial charge in [0.2, 0.25) is 0 Å². The molecule has 1 heterocycles. The number of hydrogen-bond acceptors (Lipinski definition) is 5. The number of rotatable bonds is 8. The van der Waals surface area contributed by atoms with Gasteiger partial charge in [-0.2, -0.15) is 5.26 Å². The number of nitrogens with one attached hydrogen (secondary N) is 1. The van der Waals surface area contributed by atoms with Crippen molar-refractivity contribution in [1.29, 1.82) is 5.26 Å². The number of benzene rings is 2. The zero-order valence-corrected chi connectivity index (χ0v) is 19.2. The summed E-state index contributed by atoms with van der Waals surface area (Å²) in [4.78, 5) is 0. The molecular formula is C24H28ClN3OS. The average Bonchev–Trinajstić information content (AvgIpc) is 3.19. The number of nitrogens with two attached hydrogens (primary N) is 1. The van der Waals surface area contributed by atoms with Crippen LogP contribution >= 0.6 is 22.9 Å². The van der Waals surface area contributed by atoms with E-state index in [0.29, 0.717) is 28.8 Å². The molecule has 0 bridgehead atoms. The Kier molecular flexibility index (Phi) is 9.85. The van der Waals surface area contributed by atoms with Crippen molar-refractivity contribution in [3.8, 4) is 22.3 Å². The highest BCUT2D eigenvalue weighted by atomic mass is 35.5. The van der Waals surface area contributed by atoms with Gasteiger partial charge in [-0.3, -0.25) is 0 Å². The molecule has 0 spiro atoms. The van der Waals surface area contributed by atoms with Gasteiger partial charge >= 0.3 is 0 Å². The molecular weight excluding hydrogens is 414 g/mol. The number of ether oxygens (including phenoxy) is 1. The van der Waals surface area contributed by atoms with Crippen LogP contribution in [-0.4, -0.2) is 13.1 Å². The summed E-state index contributed by atoms with van der Waals surface area (Å²) in [6.45, 7) is 8.60. The van der Waals surface area contributed by atoms with E-state index in [1.165, 1.54) is 16.9 Å². The molecule has 0 radical (unpaired) electrons. The molecule has 0 saturated heterocycles. The first kappa shape index (κ1) is 23.9. The second-order valence-electron chi connectivity index (χ2n) is 6.46. The molecule has 0 fully saturated rings. The zero-order chi connectivity index (χ0) is 21.9. The zero-order valence-electron chi connectivity index (χ0n) is 17.7. The van der Waals surface area contributed by atoms with Crippen LogP contribution in [0, 0.1) is 18.3 Å². The normalized spacial score (nSPS) is 10.1. The third-order valence-corrected chi connectivity index (χ3v) is 5.69. The van der Waals surface area contributed by atoms with Gasteiger partial charge in [0.25, 0.3) is 0 Å². The molecule has 6 heteroatoms. The van der Waals surface area contributed by atoms with Crippen LogP contribution in [0.2, 0.25) is 5.02 Å². The Bertz CT molecular complexity index is 977. The highest BCUT2D eigenvalue weighted by Gasteiger charge is 2.15. The fourth-order valence-electron chi connectivity index (χ4n) is 2.76. The minimum Gasteiger partial charge on any atom is -0.478 e. The summed E-state index contributed by atoms with van der Waals surface area (Å²) in [5.41, 5.74) is 11.1. The van der Waals surface area contributed by atoms with Gasteiger partial charge in [0, 0.05) is 35.6 Å². The van der Waals surface area contributed by atoms with Gasteiger partial charge in [-0.25, -0.2) is 0 Å². The van der Waals surface area contributed by atoms with Crippen molar-refractivity contribution >= 4 is 22.9 Å². The van der Waals surface area contributed by atoms with Crippen LogP contribution in [0.15, 0.2) is 47.8 Å². The SMILES string of the molecule is CC.Cc1ccc(-c2csc(OCc3ccc(CNCCN)cc3)c2C#N)cc1Cl. The van der Waals surface area contributed by atoms with Crippen molar-refractivity contribution in [2.75, 3.05) is 13.1 Å². The molecule has 0 amide bonds. The fraction of sp³-hybridized carbons (Fsp3) is 0.292. The van der Waals surface area contributed by atoms with Crippen molar-refractivity contribution in [2.24, 2.45) is 5.73 Å². The number of nitriles is 1. The standard InChI is InChI=1S/C22H22ClN3OS.C2H6/c1-15-2-7-18(10-21(15)23)20-14-28-22(19(20)11-25)27-13-17-5-3-16(4-6-17)12-26-9-8-24;1-2/h2-7,10,14,26H,8-9,12-13,24H2,1H3;1-2H3. The van der Waals surface area contributed by atoms with E-state index in [1.54, 1.807) is 0 Å². The smallest absolute Gasteiger partial charge is 0.192 e. The van der Waals surface area contributed by atoms with E-state index in [-0.39, 0.29) is 0 Å². The summed E-state index contributed by atoms with van der Waals surface area (Å²) >= 11 is 7.67. The molecule has 0 aliphatic rings. The van der Waals surface area contributed by atoms with E-state index in [4.69, 9.17) is 22.1 Å². The molecule has 158 valence electrons. The molecule has 30 heavy (non-hydrogen) atoms. The van der Waals surface area contributed by atoms with Gasteiger partial charge < -0.3 is 15.8 Å². The largest absolute Gasteiger partial charge is 0.478 e. The van der Waals surface area contributed by atoms with Crippen LogP contribution in [0.5, 0.6) is 5.06 Å². The van der Waals surface area contributed by atoms with Crippen molar-refractivity contribution in [3.63, 3.8) is 0 Å². The Labute approximate surface area is 188 Å². The molecule has 0 saturated carbocycles. The number of halogens is 1. The maximum Gasteiger partial charge on any atom is 0.192 e. The Morgan fingerprint density at radius 1 is 1.13 bits per heavy atom. The van der Waals surface area contributed by atoms with Gasteiger partial charge in [0.05, 0.1) is 0 Å². The fourth-order valence-corrected chi connectivity index (χ4v) is 3.82. The molecule has 3 N–H and O–H groups in total. The summed E-state index contributed by atoms with van der Waals surface area (Å²) < 4.78 is 5.94. The molecule has 3 aromatic rings. The second-order valence-corrected chi connectivity index (χ2v) is 7.71. The lowest BCUT2D eigenvalue weighted by Gasteiger charge is -2.07. The Balaban J connectivity index is 0.00000155. The highest BCUT2D eigenvalue weighted by molar-refractivity contribution is 7.12. The predicted octanol–water partition coefficient (Wildman–Crippen LogP) is 5.90. The van der Waals surface area contributed by atoms with Crippen LogP contribution in [0.25, 0.3) is 11.1 Å². The minimum absolute atomic E-state index is 0.416. The number of hydrogen-bond donors (Lipinski definition) is 2. The van der Waals surface area contributed by atoms with Crippen molar-refractivity contribution < 1.29 is 4.74 Å². The second kappa shape index (κ2) is 12.4. The van der Waals surface area contributed by atoms with Crippen molar-refractivity contribution in [3.05, 3.63) is 75.1 Å². The van der Waals surface area contributed by atoms with Crippen LogP contribution < -0.4 is 15.8 Å². The molecule has 2 aromatic carbocycles. The summed E-state index contributed by atoms with van der Waals surface area (Å²) in [7, 11) is 0. The van der Waals surface area contributed by atoms with E-state index in [9.17, 15) is 5.26 Å². The third-order valence-electron chi connectivity index (χ3n) is 4.40. The van der Waals surface area contributed by atoms with Crippen LogP contribution in [-0.2, 0) is 13.2 Å². The molecule has 0 unspecified atom stereocenters. The topological polar surface area (TPSA) is 71.1 Å². The quantitative estimate of drug-likeness (QED) is 0.427. The first-order valence-electron chi connectivity index (χ1n) is 10.0. The van der Waals surface area contributed by atoms with E-state index in [1.807, 2.05) is 56.5 Å². The molecule has 3 rings (SSSR count). The lowest BCUT2D eigenvalue weighted by Crippen LogP contribution is -2.21. The first-order valence-corrected chi connectivity index (χ1v) is 11.3. The monoisotopic (exact) mass is 441 g/mol.